The van der Waals surface area contributed by atoms with E-state index < -0.39 is 11.8 Å². The first-order chi connectivity index (χ1) is 15.1. The van der Waals surface area contributed by atoms with E-state index in [0.717, 1.165) is 11.3 Å². The third-order valence-corrected chi connectivity index (χ3v) is 4.44. The van der Waals surface area contributed by atoms with Crippen molar-refractivity contribution in [2.45, 2.75) is 6.92 Å². The van der Waals surface area contributed by atoms with Gasteiger partial charge in [-0.25, -0.2) is 0 Å². The summed E-state index contributed by atoms with van der Waals surface area (Å²) in [6.07, 6.45) is 0. The Morgan fingerprint density at radius 2 is 1.45 bits per heavy atom. The van der Waals surface area contributed by atoms with E-state index >= 15 is 0 Å². The Morgan fingerprint density at radius 1 is 0.774 bits per heavy atom. The molecule has 0 saturated heterocycles. The molecule has 0 bridgehead atoms. The highest BCUT2D eigenvalue weighted by molar-refractivity contribution is 6.00. The van der Waals surface area contributed by atoms with E-state index in [-0.39, 0.29) is 6.61 Å². The van der Waals surface area contributed by atoms with Gasteiger partial charge in [0.15, 0.2) is 0 Å². The number of rotatable bonds is 8. The smallest absolute Gasteiger partial charge is 0.273 e. The van der Waals surface area contributed by atoms with E-state index in [1.807, 2.05) is 37.3 Å². The van der Waals surface area contributed by atoms with Gasteiger partial charge in [0.1, 0.15) is 30.5 Å². The lowest BCUT2D eigenvalue weighted by Gasteiger charge is -2.13. The molecule has 0 unspecified atom stereocenters. The molecule has 31 heavy (non-hydrogen) atoms. The van der Waals surface area contributed by atoms with Gasteiger partial charge in [-0.1, -0.05) is 36.4 Å². The number of hydrogen-bond acceptors (Lipinski definition) is 5. The van der Waals surface area contributed by atoms with E-state index in [2.05, 4.69) is 10.9 Å². The van der Waals surface area contributed by atoms with Crippen molar-refractivity contribution in [1.82, 2.24) is 10.9 Å². The maximum absolute atomic E-state index is 12.6. The Morgan fingerprint density at radius 3 is 2.23 bits per heavy atom. The molecule has 0 aromatic heterocycles. The molecular weight excluding hydrogens is 396 g/mol. The minimum absolute atomic E-state index is 0.259. The molecule has 2 amide bonds. The van der Waals surface area contributed by atoms with Crippen LogP contribution in [0, 0.1) is 6.92 Å². The molecule has 2 N–H and O–H groups in total. The zero-order valence-corrected chi connectivity index (χ0v) is 17.4. The van der Waals surface area contributed by atoms with Crippen LogP contribution < -0.4 is 25.1 Å². The van der Waals surface area contributed by atoms with Crippen LogP contribution in [-0.4, -0.2) is 32.1 Å². The molecular formula is C24H24N2O5. The minimum atomic E-state index is -0.494. The number of benzene rings is 3. The number of para-hydroxylation sites is 2. The summed E-state index contributed by atoms with van der Waals surface area (Å²) in [4.78, 5) is 24.9. The Labute approximate surface area is 180 Å². The predicted molar refractivity (Wildman–Crippen MR) is 117 cm³/mol. The largest absolute Gasteiger partial charge is 0.496 e. The summed E-state index contributed by atoms with van der Waals surface area (Å²) in [7, 11) is 1.54. The quantitative estimate of drug-likeness (QED) is 0.430. The van der Waals surface area contributed by atoms with E-state index in [0.29, 0.717) is 29.2 Å². The van der Waals surface area contributed by atoms with Gasteiger partial charge in [0.25, 0.3) is 11.8 Å². The van der Waals surface area contributed by atoms with Gasteiger partial charge in [0.2, 0.25) is 0 Å². The van der Waals surface area contributed by atoms with Gasteiger partial charge in [0, 0.05) is 5.56 Å². The highest BCUT2D eigenvalue weighted by Crippen LogP contribution is 2.19. The summed E-state index contributed by atoms with van der Waals surface area (Å²) in [6, 6.07) is 21.2. The van der Waals surface area contributed by atoms with Crippen LogP contribution in [0.2, 0.25) is 0 Å². The average Bonchev–Trinajstić information content (AvgIpc) is 2.81. The predicted octanol–water partition coefficient (Wildman–Crippen LogP) is 3.54. The van der Waals surface area contributed by atoms with E-state index in [4.69, 9.17) is 14.2 Å². The second kappa shape index (κ2) is 10.7. The normalized spacial score (nSPS) is 10.1. The molecule has 0 atom stereocenters. The molecule has 0 aliphatic heterocycles. The van der Waals surface area contributed by atoms with E-state index in [9.17, 15) is 9.59 Å². The van der Waals surface area contributed by atoms with E-state index in [1.54, 1.807) is 42.5 Å². The standard InChI is InChI=1S/C24H24N2O5/c1-17-12-13-18(16-22(17)29-2)23(27)25-26-24(28)20-10-6-7-11-21(20)31-15-14-30-19-8-4-3-5-9-19/h3-13,16H,14-15H2,1-2H3,(H,25,27)(H,26,28). The molecule has 0 spiro atoms. The average molecular weight is 420 g/mol. The maximum atomic E-state index is 12.6. The first kappa shape index (κ1) is 21.7. The monoisotopic (exact) mass is 420 g/mol. The number of carbonyl (C=O) groups is 2. The van der Waals surface area contributed by atoms with Gasteiger partial charge in [-0.2, -0.15) is 0 Å². The fourth-order valence-electron chi connectivity index (χ4n) is 2.82. The van der Waals surface area contributed by atoms with Crippen molar-refractivity contribution >= 4 is 11.8 Å². The highest BCUT2D eigenvalue weighted by atomic mass is 16.5. The summed E-state index contributed by atoms with van der Waals surface area (Å²) in [5.74, 6) is 0.777. The van der Waals surface area contributed by atoms with E-state index in [1.165, 1.54) is 7.11 Å². The zero-order chi connectivity index (χ0) is 22.1. The number of nitrogens with one attached hydrogen (secondary N) is 2. The molecule has 3 aromatic carbocycles. The lowest BCUT2D eigenvalue weighted by atomic mass is 10.1. The van der Waals surface area contributed by atoms with Gasteiger partial charge in [0.05, 0.1) is 12.7 Å². The molecule has 0 aliphatic carbocycles. The number of ether oxygens (including phenoxy) is 3. The highest BCUT2D eigenvalue weighted by Gasteiger charge is 2.14. The number of methoxy groups -OCH3 is 1. The molecule has 0 fully saturated rings. The topological polar surface area (TPSA) is 85.9 Å². The number of aryl methyl sites for hydroxylation is 1. The third kappa shape index (κ3) is 5.99. The van der Waals surface area contributed by atoms with Crippen LogP contribution in [0.3, 0.4) is 0 Å². The zero-order valence-electron chi connectivity index (χ0n) is 17.4. The summed E-state index contributed by atoms with van der Waals surface area (Å²) in [5.41, 5.74) is 6.39. The second-order valence-electron chi connectivity index (χ2n) is 6.60. The van der Waals surface area contributed by atoms with Crippen molar-refractivity contribution in [3.05, 3.63) is 89.5 Å². The fraction of sp³-hybridized carbons (Fsp3) is 0.167. The molecule has 0 aliphatic rings. The maximum Gasteiger partial charge on any atom is 0.273 e. The molecule has 0 heterocycles. The summed E-state index contributed by atoms with van der Waals surface area (Å²) >= 11 is 0. The van der Waals surface area contributed by atoms with Crippen LogP contribution in [0.5, 0.6) is 17.2 Å². The molecule has 3 aromatic rings. The van der Waals surface area contributed by atoms with Crippen LogP contribution in [-0.2, 0) is 0 Å². The van der Waals surface area contributed by atoms with Crippen LogP contribution in [0.1, 0.15) is 26.3 Å². The van der Waals surface area contributed by atoms with Crippen molar-refractivity contribution in [3.63, 3.8) is 0 Å². The van der Waals surface area contributed by atoms with Crippen molar-refractivity contribution < 1.29 is 23.8 Å². The van der Waals surface area contributed by atoms with Crippen LogP contribution in [0.4, 0.5) is 0 Å². The minimum Gasteiger partial charge on any atom is -0.496 e. The van der Waals surface area contributed by atoms with Crippen molar-refractivity contribution in [2.75, 3.05) is 20.3 Å². The van der Waals surface area contributed by atoms with Crippen LogP contribution in [0.15, 0.2) is 72.8 Å². The summed E-state index contributed by atoms with van der Waals surface area (Å²) < 4.78 is 16.5. The molecule has 7 nitrogen and oxygen atoms in total. The Bertz CT molecular complexity index is 1040. The number of hydrazine groups is 1. The Kier molecular flexibility index (Phi) is 7.48. The number of amides is 2. The van der Waals surface area contributed by atoms with Crippen molar-refractivity contribution in [3.8, 4) is 17.2 Å². The van der Waals surface area contributed by atoms with Gasteiger partial charge in [-0.3, -0.25) is 20.4 Å². The lowest BCUT2D eigenvalue weighted by Crippen LogP contribution is -2.41. The SMILES string of the molecule is COc1cc(C(=O)NNC(=O)c2ccccc2OCCOc2ccccc2)ccc1C. The molecule has 7 heteroatoms. The summed E-state index contributed by atoms with van der Waals surface area (Å²) in [5, 5.41) is 0. The summed E-state index contributed by atoms with van der Waals surface area (Å²) in [6.45, 7) is 2.46. The Hall–Kier alpha value is -4.00. The van der Waals surface area contributed by atoms with Gasteiger partial charge < -0.3 is 14.2 Å². The van der Waals surface area contributed by atoms with Crippen LogP contribution >= 0.6 is 0 Å². The molecule has 0 saturated carbocycles. The van der Waals surface area contributed by atoms with Gasteiger partial charge >= 0.3 is 0 Å². The van der Waals surface area contributed by atoms with Gasteiger partial charge in [-0.15, -0.1) is 0 Å². The first-order valence-electron chi connectivity index (χ1n) is 9.73. The number of carbonyl (C=O) groups excluding carboxylic acids is 2. The molecule has 3 rings (SSSR count). The second-order valence-corrected chi connectivity index (χ2v) is 6.60. The van der Waals surface area contributed by atoms with Crippen LogP contribution in [0.25, 0.3) is 0 Å². The number of hydrogen-bond donors (Lipinski definition) is 2. The third-order valence-electron chi connectivity index (χ3n) is 4.44. The fourth-order valence-corrected chi connectivity index (χ4v) is 2.82. The lowest BCUT2D eigenvalue weighted by molar-refractivity contribution is 0.0843. The first-order valence-corrected chi connectivity index (χ1v) is 9.73. The Balaban J connectivity index is 1.55. The van der Waals surface area contributed by atoms with Crippen molar-refractivity contribution in [1.29, 1.82) is 0 Å². The molecule has 0 radical (unpaired) electrons. The van der Waals surface area contributed by atoms with Crippen molar-refractivity contribution in [2.24, 2.45) is 0 Å². The molecule has 160 valence electrons. The van der Waals surface area contributed by atoms with Gasteiger partial charge in [-0.05, 0) is 48.9 Å².